The van der Waals surface area contributed by atoms with Crippen LogP contribution in [0.15, 0.2) is 65.7 Å². The second kappa shape index (κ2) is 7.80. The molecule has 4 rings (SSSR count). The molecule has 28 heavy (non-hydrogen) atoms. The second-order valence-corrected chi connectivity index (χ2v) is 6.28. The molecule has 6 nitrogen and oxygen atoms in total. The lowest BCUT2D eigenvalue weighted by Gasteiger charge is -2.14. The summed E-state index contributed by atoms with van der Waals surface area (Å²) in [4.78, 5) is 29.3. The Bertz CT molecular complexity index is 1080. The van der Waals surface area contributed by atoms with Crippen molar-refractivity contribution in [1.29, 1.82) is 0 Å². The molecule has 1 amide bonds. The van der Waals surface area contributed by atoms with Gasteiger partial charge in [0.05, 0.1) is 12.7 Å². The van der Waals surface area contributed by atoms with Gasteiger partial charge in [0, 0.05) is 12.1 Å². The number of H-pyrrole nitrogens is 1. The van der Waals surface area contributed by atoms with E-state index in [0.29, 0.717) is 5.69 Å². The molecule has 0 radical (unpaired) electrons. The highest BCUT2D eigenvalue weighted by Crippen LogP contribution is 2.44. The average Bonchev–Trinajstić information content (AvgIpc) is 3.05. The van der Waals surface area contributed by atoms with Crippen LogP contribution in [0, 0.1) is 11.8 Å². The Balaban J connectivity index is 1.35. The number of hydrogen-bond acceptors (Lipinski definition) is 4. The molecule has 0 fully saturated rings. The number of carbonyl (C=O) groups excluding carboxylic acids is 1. The van der Waals surface area contributed by atoms with Crippen LogP contribution >= 0.6 is 0 Å². The molecule has 0 bridgehead atoms. The number of carbonyl (C=O) groups is 1. The minimum Gasteiger partial charge on any atom is -0.449 e. The quantitative estimate of drug-likeness (QED) is 0.694. The molecule has 2 N–H and O–H groups in total. The maximum Gasteiger partial charge on any atom is 0.407 e. The molecular weight excluding hydrogens is 354 g/mol. The molecule has 3 aromatic rings. The fourth-order valence-electron chi connectivity index (χ4n) is 3.31. The number of ether oxygens (including phenoxy) is 1. The fourth-order valence-corrected chi connectivity index (χ4v) is 3.31. The normalized spacial score (nSPS) is 11.7. The Morgan fingerprint density at radius 1 is 1.11 bits per heavy atom. The predicted molar refractivity (Wildman–Crippen MR) is 105 cm³/mol. The van der Waals surface area contributed by atoms with Gasteiger partial charge in [0.1, 0.15) is 12.3 Å². The van der Waals surface area contributed by atoms with E-state index in [9.17, 15) is 9.59 Å². The van der Waals surface area contributed by atoms with Crippen LogP contribution in [-0.4, -0.2) is 29.2 Å². The van der Waals surface area contributed by atoms with Gasteiger partial charge in [0.15, 0.2) is 0 Å². The lowest BCUT2D eigenvalue weighted by Crippen LogP contribution is -2.26. The maximum atomic E-state index is 12.0. The minimum atomic E-state index is -0.523. The summed E-state index contributed by atoms with van der Waals surface area (Å²) in [6.45, 7) is 0.381. The van der Waals surface area contributed by atoms with Crippen molar-refractivity contribution in [3.8, 4) is 23.0 Å². The summed E-state index contributed by atoms with van der Waals surface area (Å²) < 4.78 is 5.43. The number of aromatic amines is 1. The molecule has 1 heterocycles. The van der Waals surface area contributed by atoms with Gasteiger partial charge >= 0.3 is 6.09 Å². The first-order valence-electron chi connectivity index (χ1n) is 8.85. The van der Waals surface area contributed by atoms with E-state index < -0.39 is 6.09 Å². The molecule has 1 aliphatic rings. The number of alkyl carbamates (subject to hydrolysis) is 1. The van der Waals surface area contributed by atoms with Crippen LogP contribution in [0.25, 0.3) is 11.1 Å². The number of rotatable bonds is 3. The summed E-state index contributed by atoms with van der Waals surface area (Å²) in [6.07, 6.45) is 2.05. The van der Waals surface area contributed by atoms with E-state index in [1.54, 1.807) is 0 Å². The van der Waals surface area contributed by atoms with Crippen molar-refractivity contribution in [2.75, 3.05) is 13.2 Å². The van der Waals surface area contributed by atoms with Crippen molar-refractivity contribution >= 4 is 6.09 Å². The van der Waals surface area contributed by atoms with Crippen LogP contribution in [0.3, 0.4) is 0 Å². The molecule has 6 heteroatoms. The summed E-state index contributed by atoms with van der Waals surface area (Å²) in [5.41, 5.74) is 4.84. The smallest absolute Gasteiger partial charge is 0.407 e. The molecule has 1 aliphatic carbocycles. The third-order valence-electron chi connectivity index (χ3n) is 4.55. The fraction of sp³-hybridized carbons (Fsp3) is 0.136. The van der Waals surface area contributed by atoms with Gasteiger partial charge in [0.2, 0.25) is 0 Å². The summed E-state index contributed by atoms with van der Waals surface area (Å²) >= 11 is 0. The standard InChI is InChI=1S/C22H17N3O3/c26-21-13-24-15(12-25-21)6-5-11-23-22(27)28-14-20-18-9-3-1-7-16(18)17-8-2-4-10-19(17)20/h1-4,7-10,12-13,20H,11,14H2,(H,23,27)(H,25,26). The van der Waals surface area contributed by atoms with Crippen molar-refractivity contribution < 1.29 is 9.53 Å². The Morgan fingerprint density at radius 2 is 1.79 bits per heavy atom. The third-order valence-corrected chi connectivity index (χ3v) is 4.55. The number of nitrogens with one attached hydrogen (secondary N) is 2. The number of hydrogen-bond donors (Lipinski definition) is 2. The maximum absolute atomic E-state index is 12.0. The molecule has 138 valence electrons. The minimum absolute atomic E-state index is 0.0228. The monoisotopic (exact) mass is 371 g/mol. The van der Waals surface area contributed by atoms with E-state index in [-0.39, 0.29) is 24.6 Å². The molecule has 0 saturated carbocycles. The Hall–Kier alpha value is -3.85. The van der Waals surface area contributed by atoms with Crippen LogP contribution in [0.1, 0.15) is 22.7 Å². The highest BCUT2D eigenvalue weighted by Gasteiger charge is 2.28. The van der Waals surface area contributed by atoms with Crippen LogP contribution in [0.2, 0.25) is 0 Å². The predicted octanol–water partition coefficient (Wildman–Crippen LogP) is 2.66. The van der Waals surface area contributed by atoms with Crippen molar-refractivity contribution in [2.24, 2.45) is 0 Å². The van der Waals surface area contributed by atoms with Crippen LogP contribution < -0.4 is 10.9 Å². The zero-order chi connectivity index (χ0) is 19.3. The van der Waals surface area contributed by atoms with E-state index in [0.717, 1.165) is 6.20 Å². The second-order valence-electron chi connectivity index (χ2n) is 6.28. The van der Waals surface area contributed by atoms with Crippen LogP contribution in [0.5, 0.6) is 0 Å². The van der Waals surface area contributed by atoms with Crippen LogP contribution in [-0.2, 0) is 4.74 Å². The Labute approximate surface area is 161 Å². The van der Waals surface area contributed by atoms with Crippen molar-refractivity contribution in [1.82, 2.24) is 15.3 Å². The topological polar surface area (TPSA) is 84.1 Å². The SMILES string of the molecule is O=C(NCC#Cc1c[nH]c(=O)cn1)OCC1c2ccccc2-c2ccccc21. The van der Waals surface area contributed by atoms with Gasteiger partial charge in [-0.1, -0.05) is 54.5 Å². The van der Waals surface area contributed by atoms with E-state index in [4.69, 9.17) is 4.74 Å². The van der Waals surface area contributed by atoms with E-state index in [2.05, 4.69) is 51.4 Å². The molecule has 0 aliphatic heterocycles. The number of nitrogens with zero attached hydrogens (tertiary/aromatic N) is 1. The molecule has 0 atom stereocenters. The van der Waals surface area contributed by atoms with Gasteiger partial charge in [-0.2, -0.15) is 0 Å². The molecular formula is C22H17N3O3. The first-order valence-corrected chi connectivity index (χ1v) is 8.85. The van der Waals surface area contributed by atoms with E-state index in [1.807, 2.05) is 24.3 Å². The molecule has 0 spiro atoms. The number of benzene rings is 2. The molecule has 0 saturated heterocycles. The number of fused-ring (bicyclic) bond motifs is 3. The molecule has 2 aromatic carbocycles. The van der Waals surface area contributed by atoms with Gasteiger partial charge in [0.25, 0.3) is 5.56 Å². The number of amides is 1. The first-order chi connectivity index (χ1) is 13.7. The van der Waals surface area contributed by atoms with E-state index in [1.165, 1.54) is 28.5 Å². The highest BCUT2D eigenvalue weighted by atomic mass is 16.5. The molecule has 0 unspecified atom stereocenters. The zero-order valence-corrected chi connectivity index (χ0v) is 14.9. The van der Waals surface area contributed by atoms with Gasteiger partial charge in [-0.3, -0.25) is 4.79 Å². The summed E-state index contributed by atoms with van der Waals surface area (Å²) in [5.74, 6) is 5.54. The van der Waals surface area contributed by atoms with Crippen molar-refractivity contribution in [3.05, 3.63) is 88.1 Å². The summed E-state index contributed by atoms with van der Waals surface area (Å²) in [5, 5.41) is 2.60. The van der Waals surface area contributed by atoms with Gasteiger partial charge in [-0.25, -0.2) is 9.78 Å². The van der Waals surface area contributed by atoms with E-state index >= 15 is 0 Å². The Morgan fingerprint density at radius 3 is 2.43 bits per heavy atom. The van der Waals surface area contributed by atoms with Gasteiger partial charge in [-0.05, 0) is 28.2 Å². The summed E-state index contributed by atoms with van der Waals surface area (Å²) in [7, 11) is 0. The average molecular weight is 371 g/mol. The highest BCUT2D eigenvalue weighted by molar-refractivity contribution is 5.79. The number of aromatic nitrogens is 2. The zero-order valence-electron chi connectivity index (χ0n) is 14.9. The Kier molecular flexibility index (Phi) is 4.89. The first kappa shape index (κ1) is 17.6. The lowest BCUT2D eigenvalue weighted by atomic mass is 9.98. The van der Waals surface area contributed by atoms with Gasteiger partial charge < -0.3 is 15.0 Å². The lowest BCUT2D eigenvalue weighted by molar-refractivity contribution is 0.144. The van der Waals surface area contributed by atoms with Crippen molar-refractivity contribution in [3.63, 3.8) is 0 Å². The van der Waals surface area contributed by atoms with Crippen molar-refractivity contribution in [2.45, 2.75) is 5.92 Å². The molecule has 1 aromatic heterocycles. The van der Waals surface area contributed by atoms with Gasteiger partial charge in [-0.15, -0.1) is 0 Å². The largest absolute Gasteiger partial charge is 0.449 e. The van der Waals surface area contributed by atoms with Crippen LogP contribution in [0.4, 0.5) is 4.79 Å². The third kappa shape index (κ3) is 3.64. The summed E-state index contributed by atoms with van der Waals surface area (Å²) in [6, 6.07) is 16.4.